The van der Waals surface area contributed by atoms with Crippen LogP contribution in [-0.2, 0) is 10.0 Å². The molecule has 0 rings (SSSR count). The van der Waals surface area contributed by atoms with E-state index in [9.17, 15) is 8.42 Å². The molecule has 2 unspecified atom stereocenters. The van der Waals surface area contributed by atoms with E-state index in [1.165, 1.54) is 19.8 Å². The van der Waals surface area contributed by atoms with Crippen molar-refractivity contribution in [3.05, 3.63) is 0 Å². The Labute approximate surface area is 99.5 Å². The van der Waals surface area contributed by atoms with Gasteiger partial charge in [0.05, 0.1) is 11.9 Å². The number of nitrogens with one attached hydrogen (secondary N) is 1. The van der Waals surface area contributed by atoms with Gasteiger partial charge in [0.2, 0.25) is 10.0 Å². The number of unbranched alkanes of at least 4 members (excludes halogenated alkanes) is 3. The second kappa shape index (κ2) is 8.03. The third-order valence-corrected chi connectivity index (χ3v) is 4.58. The van der Waals surface area contributed by atoms with E-state index in [0.29, 0.717) is 0 Å². The molecule has 0 amide bonds. The lowest BCUT2D eigenvalue weighted by Gasteiger charge is -2.17. The topological polar surface area (TPSA) is 66.4 Å². The summed E-state index contributed by atoms with van der Waals surface area (Å²) < 4.78 is 25.8. The molecule has 0 aliphatic heterocycles. The summed E-state index contributed by atoms with van der Waals surface area (Å²) in [6, 6.07) is -0.0455. The fourth-order valence-electron chi connectivity index (χ4n) is 1.43. The van der Waals surface area contributed by atoms with Crippen LogP contribution >= 0.6 is 0 Å². The Kier molecular flexibility index (Phi) is 7.97. The fraction of sp³-hybridized carbons (Fsp3) is 1.00. The standard InChI is InChI=1S/C11H25NO3S/c1-4-5-6-7-8-10(2)12-16(14,15)11(3)9-13/h10-13H,4-9H2,1-3H3. The smallest absolute Gasteiger partial charge is 0.216 e. The van der Waals surface area contributed by atoms with Crippen LogP contribution in [0.15, 0.2) is 0 Å². The molecule has 98 valence electrons. The molecule has 0 spiro atoms. The Hall–Kier alpha value is -0.130. The number of hydrogen-bond donors (Lipinski definition) is 2. The highest BCUT2D eigenvalue weighted by Gasteiger charge is 2.21. The fourth-order valence-corrected chi connectivity index (χ4v) is 2.54. The monoisotopic (exact) mass is 251 g/mol. The molecule has 0 fully saturated rings. The van der Waals surface area contributed by atoms with Gasteiger partial charge in [-0.15, -0.1) is 0 Å². The van der Waals surface area contributed by atoms with Gasteiger partial charge in [0.1, 0.15) is 0 Å². The van der Waals surface area contributed by atoms with Gasteiger partial charge >= 0.3 is 0 Å². The van der Waals surface area contributed by atoms with E-state index in [1.54, 1.807) is 0 Å². The summed E-state index contributed by atoms with van der Waals surface area (Å²) in [6.07, 6.45) is 5.44. The largest absolute Gasteiger partial charge is 0.395 e. The van der Waals surface area contributed by atoms with Crippen molar-refractivity contribution >= 4 is 10.0 Å². The predicted molar refractivity (Wildman–Crippen MR) is 66.8 cm³/mol. The van der Waals surface area contributed by atoms with Crippen LogP contribution in [0.5, 0.6) is 0 Å². The maximum absolute atomic E-state index is 11.6. The van der Waals surface area contributed by atoms with E-state index in [0.717, 1.165) is 19.3 Å². The first-order chi connectivity index (χ1) is 7.44. The van der Waals surface area contributed by atoms with E-state index in [1.807, 2.05) is 6.92 Å². The summed E-state index contributed by atoms with van der Waals surface area (Å²) in [5.41, 5.74) is 0. The maximum Gasteiger partial charge on any atom is 0.216 e. The van der Waals surface area contributed by atoms with Gasteiger partial charge in [-0.1, -0.05) is 32.6 Å². The molecule has 0 aromatic carbocycles. The third kappa shape index (κ3) is 6.45. The van der Waals surface area contributed by atoms with Crippen LogP contribution in [0.2, 0.25) is 0 Å². The number of rotatable bonds is 9. The molecule has 0 aliphatic rings. The Morgan fingerprint density at radius 1 is 1.19 bits per heavy atom. The van der Waals surface area contributed by atoms with Crippen LogP contribution in [0, 0.1) is 0 Å². The summed E-state index contributed by atoms with van der Waals surface area (Å²) in [5, 5.41) is 8.08. The second-order valence-corrected chi connectivity index (χ2v) is 6.54. The zero-order valence-corrected chi connectivity index (χ0v) is 11.4. The van der Waals surface area contributed by atoms with Crippen LogP contribution in [0.3, 0.4) is 0 Å². The van der Waals surface area contributed by atoms with Crippen LogP contribution < -0.4 is 4.72 Å². The quantitative estimate of drug-likeness (QED) is 0.612. The minimum absolute atomic E-state index is 0.0455. The molecule has 4 nitrogen and oxygen atoms in total. The zero-order chi connectivity index (χ0) is 12.6. The normalized spacial score (nSPS) is 16.0. The van der Waals surface area contributed by atoms with Crippen molar-refractivity contribution in [3.8, 4) is 0 Å². The molecule has 16 heavy (non-hydrogen) atoms. The molecule has 0 aromatic heterocycles. The molecule has 5 heteroatoms. The average molecular weight is 251 g/mol. The summed E-state index contributed by atoms with van der Waals surface area (Å²) >= 11 is 0. The van der Waals surface area contributed by atoms with Gasteiger partial charge in [0.15, 0.2) is 0 Å². The van der Waals surface area contributed by atoms with Crippen LogP contribution in [-0.4, -0.2) is 31.4 Å². The first-order valence-corrected chi connectivity index (χ1v) is 7.60. The van der Waals surface area contributed by atoms with Gasteiger partial charge in [-0.05, 0) is 20.3 Å². The van der Waals surface area contributed by atoms with Crippen molar-refractivity contribution in [1.29, 1.82) is 0 Å². The number of aliphatic hydroxyl groups excluding tert-OH is 1. The summed E-state index contributed by atoms with van der Waals surface area (Å²) in [4.78, 5) is 0. The highest BCUT2D eigenvalue weighted by Crippen LogP contribution is 2.07. The molecular weight excluding hydrogens is 226 g/mol. The highest BCUT2D eigenvalue weighted by molar-refractivity contribution is 7.90. The van der Waals surface area contributed by atoms with Crippen molar-refractivity contribution in [3.63, 3.8) is 0 Å². The molecule has 0 aliphatic carbocycles. The minimum Gasteiger partial charge on any atom is -0.395 e. The lowest BCUT2D eigenvalue weighted by atomic mass is 10.1. The number of aliphatic hydroxyl groups is 1. The summed E-state index contributed by atoms with van der Waals surface area (Å²) in [5.74, 6) is 0. The minimum atomic E-state index is -3.35. The van der Waals surface area contributed by atoms with Gasteiger partial charge in [0, 0.05) is 6.04 Å². The van der Waals surface area contributed by atoms with Gasteiger partial charge in [-0.3, -0.25) is 0 Å². The summed E-state index contributed by atoms with van der Waals surface area (Å²) in [7, 11) is -3.35. The van der Waals surface area contributed by atoms with Gasteiger partial charge < -0.3 is 5.11 Å². The van der Waals surface area contributed by atoms with Crippen molar-refractivity contribution in [2.45, 2.75) is 64.2 Å². The van der Waals surface area contributed by atoms with E-state index < -0.39 is 15.3 Å². The first kappa shape index (κ1) is 15.9. The Balaban J connectivity index is 3.90. The lowest BCUT2D eigenvalue weighted by Crippen LogP contribution is -2.39. The van der Waals surface area contributed by atoms with Gasteiger partial charge in [-0.25, -0.2) is 13.1 Å². The predicted octanol–water partition coefficient (Wildman–Crippen LogP) is 1.65. The Morgan fingerprint density at radius 3 is 2.31 bits per heavy atom. The summed E-state index contributed by atoms with van der Waals surface area (Å²) in [6.45, 7) is 5.19. The second-order valence-electron chi connectivity index (χ2n) is 4.41. The SMILES string of the molecule is CCCCCCC(C)NS(=O)(=O)C(C)CO. The molecule has 0 heterocycles. The molecule has 0 bridgehead atoms. The average Bonchev–Trinajstić information content (AvgIpc) is 2.22. The van der Waals surface area contributed by atoms with E-state index in [2.05, 4.69) is 11.6 Å². The Bertz CT molecular complexity index is 264. The van der Waals surface area contributed by atoms with Crippen LogP contribution in [0.1, 0.15) is 52.9 Å². The number of sulfonamides is 1. The van der Waals surface area contributed by atoms with Crippen molar-refractivity contribution in [1.82, 2.24) is 4.72 Å². The first-order valence-electron chi connectivity index (χ1n) is 6.06. The molecular formula is C11H25NO3S. The van der Waals surface area contributed by atoms with E-state index in [4.69, 9.17) is 5.11 Å². The third-order valence-electron chi connectivity index (χ3n) is 2.64. The molecule has 2 N–H and O–H groups in total. The van der Waals surface area contributed by atoms with Crippen LogP contribution in [0.4, 0.5) is 0 Å². The highest BCUT2D eigenvalue weighted by atomic mass is 32.2. The van der Waals surface area contributed by atoms with Crippen molar-refractivity contribution < 1.29 is 13.5 Å². The molecule has 0 radical (unpaired) electrons. The van der Waals surface area contributed by atoms with Crippen molar-refractivity contribution in [2.75, 3.05) is 6.61 Å². The van der Waals surface area contributed by atoms with Crippen molar-refractivity contribution in [2.24, 2.45) is 0 Å². The molecule has 0 aromatic rings. The zero-order valence-electron chi connectivity index (χ0n) is 10.6. The Morgan fingerprint density at radius 2 is 1.81 bits per heavy atom. The molecule has 0 saturated carbocycles. The molecule has 0 saturated heterocycles. The lowest BCUT2D eigenvalue weighted by molar-refractivity contribution is 0.294. The molecule has 2 atom stereocenters. The van der Waals surface area contributed by atoms with Crippen LogP contribution in [0.25, 0.3) is 0 Å². The van der Waals surface area contributed by atoms with Gasteiger partial charge in [-0.2, -0.15) is 0 Å². The van der Waals surface area contributed by atoms with E-state index in [-0.39, 0.29) is 12.6 Å². The van der Waals surface area contributed by atoms with Gasteiger partial charge in [0.25, 0.3) is 0 Å². The number of hydrogen-bond acceptors (Lipinski definition) is 3. The maximum atomic E-state index is 11.6. The van der Waals surface area contributed by atoms with E-state index >= 15 is 0 Å².